The van der Waals surface area contributed by atoms with E-state index in [9.17, 15) is 10.3 Å². The van der Waals surface area contributed by atoms with Crippen LogP contribution in [0.1, 0.15) is 17.2 Å². The quantitative estimate of drug-likeness (QED) is 0.697. The van der Waals surface area contributed by atoms with Crippen LogP contribution >= 0.6 is 15.9 Å². The molecule has 3 N–H and O–H groups in total. The third-order valence-corrected chi connectivity index (χ3v) is 3.87. The number of nitrogens with one attached hydrogen (secondary N) is 1. The summed E-state index contributed by atoms with van der Waals surface area (Å²) in [7, 11) is 0. The Morgan fingerprint density at radius 3 is 2.52 bits per heavy atom. The molecule has 0 aliphatic heterocycles. The maximum absolute atomic E-state index is 11.1. The first-order valence-electron chi connectivity index (χ1n) is 6.47. The van der Waals surface area contributed by atoms with Gasteiger partial charge >= 0.3 is 0 Å². The Hall–Kier alpha value is -1.44. The summed E-state index contributed by atoms with van der Waals surface area (Å²) in [6.07, 6.45) is -0.630. The van der Waals surface area contributed by atoms with Crippen LogP contribution in [0.4, 0.5) is 5.69 Å². The number of aliphatic hydroxyl groups excluding tert-OH is 1. The fourth-order valence-electron chi connectivity index (χ4n) is 2.03. The van der Waals surface area contributed by atoms with Crippen LogP contribution in [0.5, 0.6) is 0 Å². The van der Waals surface area contributed by atoms with Crippen molar-refractivity contribution in [2.24, 2.45) is 0 Å². The van der Waals surface area contributed by atoms with Gasteiger partial charge in [-0.25, -0.2) is 0 Å². The van der Waals surface area contributed by atoms with Crippen LogP contribution < -0.4 is 10.5 Å². The number of rotatable bonds is 6. The molecule has 0 aliphatic carbocycles. The van der Waals surface area contributed by atoms with Gasteiger partial charge in [-0.3, -0.25) is 5.21 Å². The molecular weight excluding hydrogens is 336 g/mol. The molecule has 5 nitrogen and oxygen atoms in total. The van der Waals surface area contributed by atoms with Crippen molar-refractivity contribution in [2.45, 2.75) is 12.6 Å². The molecule has 21 heavy (non-hydrogen) atoms. The van der Waals surface area contributed by atoms with Crippen molar-refractivity contribution < 1.29 is 10.3 Å². The molecule has 0 radical (unpaired) electrons. The van der Waals surface area contributed by atoms with Crippen molar-refractivity contribution in [3.05, 3.63) is 69.3 Å². The second kappa shape index (κ2) is 7.53. The van der Waals surface area contributed by atoms with Crippen molar-refractivity contribution in [2.75, 3.05) is 11.8 Å². The van der Waals surface area contributed by atoms with Gasteiger partial charge in [0.05, 0.1) is 11.8 Å². The smallest absolute Gasteiger partial charge is 0.0914 e. The lowest BCUT2D eigenvalue weighted by Gasteiger charge is -2.25. The van der Waals surface area contributed by atoms with E-state index in [1.54, 1.807) is 12.1 Å². The standard InChI is InChI=1S/C15H16BrN2O3/c16-13-7-4-8-14(18(20)21)12(13)9-17-10-15(19)11-5-2-1-3-6-11/h1-8,15,17,19-20H,9-10H2/q-1/t15-/m0/s1. The fourth-order valence-corrected chi connectivity index (χ4v) is 2.52. The topological polar surface area (TPSA) is 78.8 Å². The maximum atomic E-state index is 11.1. The van der Waals surface area contributed by atoms with Gasteiger partial charge in [0.25, 0.3) is 0 Å². The Morgan fingerprint density at radius 2 is 1.86 bits per heavy atom. The SMILES string of the molecule is [O-]N(O)c1cccc(Br)c1CNC[C@H](O)c1ccccc1. The summed E-state index contributed by atoms with van der Waals surface area (Å²) in [5, 5.41) is 33.2. The molecule has 2 aromatic rings. The van der Waals surface area contributed by atoms with Gasteiger partial charge in [0, 0.05) is 23.1 Å². The summed E-state index contributed by atoms with van der Waals surface area (Å²) >= 11 is 3.35. The number of halogens is 1. The zero-order valence-corrected chi connectivity index (χ0v) is 12.8. The highest BCUT2D eigenvalue weighted by atomic mass is 79.9. The Balaban J connectivity index is 1.98. The molecule has 0 aromatic heterocycles. The van der Waals surface area contributed by atoms with Gasteiger partial charge in [0.1, 0.15) is 0 Å². The van der Waals surface area contributed by atoms with E-state index >= 15 is 0 Å². The lowest BCUT2D eigenvalue weighted by atomic mass is 10.1. The van der Waals surface area contributed by atoms with Crippen molar-refractivity contribution in [3.8, 4) is 0 Å². The van der Waals surface area contributed by atoms with Gasteiger partial charge in [-0.15, -0.1) is 0 Å². The molecule has 0 aliphatic rings. The third kappa shape index (κ3) is 4.26. The molecular formula is C15H16BrN2O3-. The van der Waals surface area contributed by atoms with E-state index in [2.05, 4.69) is 21.2 Å². The van der Waals surface area contributed by atoms with Crippen molar-refractivity contribution in [1.29, 1.82) is 0 Å². The zero-order chi connectivity index (χ0) is 15.2. The molecule has 0 amide bonds. The minimum Gasteiger partial charge on any atom is -0.733 e. The van der Waals surface area contributed by atoms with Gasteiger partial charge in [0.2, 0.25) is 0 Å². The van der Waals surface area contributed by atoms with E-state index in [1.165, 1.54) is 6.07 Å². The summed E-state index contributed by atoms with van der Waals surface area (Å²) in [5.41, 5.74) is 1.63. The minimum absolute atomic E-state index is 0.157. The van der Waals surface area contributed by atoms with E-state index in [0.29, 0.717) is 18.7 Å². The number of hydrogen-bond donors (Lipinski definition) is 3. The normalized spacial score (nSPS) is 12.2. The lowest BCUT2D eigenvalue weighted by Crippen LogP contribution is -2.22. The largest absolute Gasteiger partial charge is 0.733 e. The molecule has 112 valence electrons. The Kier molecular flexibility index (Phi) is 5.72. The Labute approximate surface area is 131 Å². The first-order valence-corrected chi connectivity index (χ1v) is 7.26. The fraction of sp³-hybridized carbons (Fsp3) is 0.200. The molecule has 1 atom stereocenters. The molecule has 0 saturated heterocycles. The Morgan fingerprint density at radius 1 is 1.14 bits per heavy atom. The highest BCUT2D eigenvalue weighted by Crippen LogP contribution is 2.26. The van der Waals surface area contributed by atoms with Gasteiger partial charge in [-0.05, 0) is 17.7 Å². The highest BCUT2D eigenvalue weighted by Gasteiger charge is 2.10. The monoisotopic (exact) mass is 351 g/mol. The molecule has 0 unspecified atom stereocenters. The molecule has 0 saturated carbocycles. The first kappa shape index (κ1) is 15.9. The van der Waals surface area contributed by atoms with Crippen LogP contribution in [0, 0.1) is 5.21 Å². The number of aliphatic hydroxyl groups is 1. The summed E-state index contributed by atoms with van der Waals surface area (Å²) in [6.45, 7) is 0.690. The summed E-state index contributed by atoms with van der Waals surface area (Å²) in [4.78, 5) is 0. The second-order valence-electron chi connectivity index (χ2n) is 4.57. The van der Waals surface area contributed by atoms with Crippen LogP contribution in [0.3, 0.4) is 0 Å². The highest BCUT2D eigenvalue weighted by molar-refractivity contribution is 9.10. The van der Waals surface area contributed by atoms with Gasteiger partial charge < -0.3 is 20.9 Å². The van der Waals surface area contributed by atoms with Crippen LogP contribution in [-0.4, -0.2) is 16.9 Å². The Bertz CT molecular complexity index is 578. The molecule has 0 fully saturated rings. The predicted octanol–water partition coefficient (Wildman–Crippen LogP) is 2.97. The van der Waals surface area contributed by atoms with Crippen LogP contribution in [0.25, 0.3) is 0 Å². The maximum Gasteiger partial charge on any atom is 0.0914 e. The number of anilines is 1. The van der Waals surface area contributed by atoms with Crippen LogP contribution in [0.15, 0.2) is 53.0 Å². The minimum atomic E-state index is -0.630. The summed E-state index contributed by atoms with van der Waals surface area (Å²) < 4.78 is 0.719. The third-order valence-electron chi connectivity index (χ3n) is 3.12. The van der Waals surface area contributed by atoms with Crippen molar-refractivity contribution in [1.82, 2.24) is 5.32 Å². The van der Waals surface area contributed by atoms with Gasteiger partial charge in [-0.1, -0.05) is 52.3 Å². The molecule has 0 heterocycles. The number of benzene rings is 2. The van der Waals surface area contributed by atoms with E-state index in [0.717, 1.165) is 10.0 Å². The average Bonchev–Trinajstić information content (AvgIpc) is 2.49. The molecule has 6 heteroatoms. The molecule has 2 rings (SSSR count). The summed E-state index contributed by atoms with van der Waals surface area (Å²) in [5.74, 6) is 0. The van der Waals surface area contributed by atoms with Crippen molar-refractivity contribution in [3.63, 3.8) is 0 Å². The van der Waals surface area contributed by atoms with E-state index in [4.69, 9.17) is 5.21 Å². The molecule has 2 aromatic carbocycles. The van der Waals surface area contributed by atoms with Gasteiger partial charge in [-0.2, -0.15) is 0 Å². The van der Waals surface area contributed by atoms with E-state index in [-0.39, 0.29) is 10.9 Å². The van der Waals surface area contributed by atoms with E-state index in [1.807, 2.05) is 30.3 Å². The lowest BCUT2D eigenvalue weighted by molar-refractivity contribution is 0.174. The first-order chi connectivity index (χ1) is 10.1. The van der Waals surface area contributed by atoms with Crippen LogP contribution in [0.2, 0.25) is 0 Å². The molecule has 0 bridgehead atoms. The van der Waals surface area contributed by atoms with Crippen LogP contribution in [-0.2, 0) is 6.54 Å². The molecule has 0 spiro atoms. The predicted molar refractivity (Wildman–Crippen MR) is 84.9 cm³/mol. The van der Waals surface area contributed by atoms with Gasteiger partial charge in [0.15, 0.2) is 0 Å². The number of nitrogens with zero attached hydrogens (tertiary/aromatic N) is 1. The zero-order valence-electron chi connectivity index (χ0n) is 11.2. The number of hydrogen-bond acceptors (Lipinski definition) is 5. The van der Waals surface area contributed by atoms with E-state index < -0.39 is 6.10 Å². The average molecular weight is 352 g/mol. The second-order valence-corrected chi connectivity index (χ2v) is 5.42. The summed E-state index contributed by atoms with van der Waals surface area (Å²) in [6, 6.07) is 14.3. The van der Waals surface area contributed by atoms with Crippen molar-refractivity contribution >= 4 is 21.6 Å².